The lowest BCUT2D eigenvalue weighted by molar-refractivity contribution is 0.129. The SMILES string of the molecule is CS(=O)(=O)OC1CCCOCC1. The van der Waals surface area contributed by atoms with E-state index in [1.165, 1.54) is 0 Å². The lowest BCUT2D eigenvalue weighted by Gasteiger charge is -2.11. The largest absolute Gasteiger partial charge is 0.381 e. The van der Waals surface area contributed by atoms with Crippen molar-refractivity contribution in [2.24, 2.45) is 0 Å². The zero-order chi connectivity index (χ0) is 9.03. The first kappa shape index (κ1) is 9.95. The number of hydrogen-bond donors (Lipinski definition) is 0. The topological polar surface area (TPSA) is 52.6 Å². The highest BCUT2D eigenvalue weighted by molar-refractivity contribution is 7.86. The van der Waals surface area contributed by atoms with Crippen molar-refractivity contribution in [2.45, 2.75) is 25.4 Å². The molecule has 1 unspecified atom stereocenters. The van der Waals surface area contributed by atoms with Crippen LogP contribution in [0.4, 0.5) is 0 Å². The normalized spacial score (nSPS) is 26.6. The van der Waals surface area contributed by atoms with Crippen molar-refractivity contribution < 1.29 is 17.3 Å². The molecule has 0 bridgehead atoms. The first-order valence-electron chi connectivity index (χ1n) is 4.04. The maximum Gasteiger partial charge on any atom is 0.264 e. The Kier molecular flexibility index (Phi) is 3.49. The summed E-state index contributed by atoms with van der Waals surface area (Å²) in [5.41, 5.74) is 0. The second-order valence-corrected chi connectivity index (χ2v) is 4.57. The van der Waals surface area contributed by atoms with E-state index in [1.54, 1.807) is 0 Å². The molecule has 1 atom stereocenters. The Morgan fingerprint density at radius 1 is 1.33 bits per heavy atom. The summed E-state index contributed by atoms with van der Waals surface area (Å²) in [4.78, 5) is 0. The smallest absolute Gasteiger partial charge is 0.264 e. The van der Waals surface area contributed by atoms with E-state index in [4.69, 9.17) is 8.92 Å². The third kappa shape index (κ3) is 4.04. The lowest BCUT2D eigenvalue weighted by atomic mass is 10.2. The minimum absolute atomic E-state index is 0.178. The van der Waals surface area contributed by atoms with Crippen molar-refractivity contribution in [3.8, 4) is 0 Å². The number of rotatable bonds is 2. The summed E-state index contributed by atoms with van der Waals surface area (Å²) >= 11 is 0. The molecule has 0 amide bonds. The molecule has 1 aliphatic rings. The highest BCUT2D eigenvalue weighted by Crippen LogP contribution is 2.13. The van der Waals surface area contributed by atoms with Gasteiger partial charge in [-0.2, -0.15) is 8.42 Å². The van der Waals surface area contributed by atoms with Crippen LogP contribution in [0.15, 0.2) is 0 Å². The van der Waals surface area contributed by atoms with Crippen LogP contribution in [-0.2, 0) is 19.0 Å². The van der Waals surface area contributed by atoms with Crippen molar-refractivity contribution in [1.29, 1.82) is 0 Å². The predicted octanol–water partition coefficient (Wildman–Crippen LogP) is 0.532. The van der Waals surface area contributed by atoms with Crippen LogP contribution in [0.2, 0.25) is 0 Å². The molecule has 5 heteroatoms. The molecular formula is C7H14O4S. The molecule has 0 saturated carbocycles. The molecule has 1 saturated heterocycles. The van der Waals surface area contributed by atoms with E-state index < -0.39 is 10.1 Å². The zero-order valence-electron chi connectivity index (χ0n) is 7.15. The second kappa shape index (κ2) is 4.20. The third-order valence-corrected chi connectivity index (χ3v) is 2.33. The molecule has 4 nitrogen and oxygen atoms in total. The van der Waals surface area contributed by atoms with Crippen LogP contribution >= 0.6 is 0 Å². The lowest BCUT2D eigenvalue weighted by Crippen LogP contribution is -2.17. The summed E-state index contributed by atoms with van der Waals surface area (Å²) in [6, 6.07) is 0. The Labute approximate surface area is 73.0 Å². The molecular weight excluding hydrogens is 180 g/mol. The molecule has 1 aliphatic heterocycles. The molecule has 0 aromatic rings. The maximum absolute atomic E-state index is 10.7. The van der Waals surface area contributed by atoms with Gasteiger partial charge in [-0.1, -0.05) is 0 Å². The maximum atomic E-state index is 10.7. The van der Waals surface area contributed by atoms with Gasteiger partial charge < -0.3 is 4.74 Å². The quantitative estimate of drug-likeness (QED) is 0.602. The minimum atomic E-state index is -3.30. The highest BCUT2D eigenvalue weighted by Gasteiger charge is 2.17. The number of ether oxygens (including phenoxy) is 1. The van der Waals surface area contributed by atoms with E-state index in [9.17, 15) is 8.42 Å². The van der Waals surface area contributed by atoms with Crippen molar-refractivity contribution in [2.75, 3.05) is 19.5 Å². The molecule has 0 aromatic heterocycles. The van der Waals surface area contributed by atoms with E-state index in [1.807, 2.05) is 0 Å². The Morgan fingerprint density at radius 2 is 2.08 bits per heavy atom. The van der Waals surface area contributed by atoms with E-state index in [0.717, 1.165) is 19.1 Å². The van der Waals surface area contributed by atoms with Gasteiger partial charge in [0.2, 0.25) is 0 Å². The van der Waals surface area contributed by atoms with Gasteiger partial charge in [0, 0.05) is 13.2 Å². The van der Waals surface area contributed by atoms with E-state index >= 15 is 0 Å². The van der Waals surface area contributed by atoms with Crippen LogP contribution in [0, 0.1) is 0 Å². The van der Waals surface area contributed by atoms with Gasteiger partial charge in [-0.25, -0.2) is 0 Å². The van der Waals surface area contributed by atoms with Crippen molar-refractivity contribution >= 4 is 10.1 Å². The fourth-order valence-corrected chi connectivity index (χ4v) is 1.90. The van der Waals surface area contributed by atoms with Crippen molar-refractivity contribution in [1.82, 2.24) is 0 Å². The Balaban J connectivity index is 2.40. The van der Waals surface area contributed by atoms with Gasteiger partial charge in [-0.15, -0.1) is 0 Å². The second-order valence-electron chi connectivity index (χ2n) is 2.97. The van der Waals surface area contributed by atoms with Crippen molar-refractivity contribution in [3.05, 3.63) is 0 Å². The van der Waals surface area contributed by atoms with E-state index in [0.29, 0.717) is 19.6 Å². The van der Waals surface area contributed by atoms with Crippen LogP contribution < -0.4 is 0 Å². The summed E-state index contributed by atoms with van der Waals surface area (Å²) < 4.78 is 31.5. The van der Waals surface area contributed by atoms with Crippen molar-refractivity contribution in [3.63, 3.8) is 0 Å². The molecule has 0 aromatic carbocycles. The molecule has 0 aliphatic carbocycles. The summed E-state index contributed by atoms with van der Waals surface area (Å²) in [5.74, 6) is 0. The molecule has 12 heavy (non-hydrogen) atoms. The fraction of sp³-hybridized carbons (Fsp3) is 1.00. The molecule has 1 rings (SSSR count). The van der Waals surface area contributed by atoms with Gasteiger partial charge in [-0.3, -0.25) is 4.18 Å². The highest BCUT2D eigenvalue weighted by atomic mass is 32.2. The van der Waals surface area contributed by atoms with Crippen LogP contribution in [0.5, 0.6) is 0 Å². The van der Waals surface area contributed by atoms with Gasteiger partial charge in [-0.05, 0) is 19.3 Å². The average molecular weight is 194 g/mol. The van der Waals surface area contributed by atoms with Crippen LogP contribution in [0.1, 0.15) is 19.3 Å². The summed E-state index contributed by atoms with van der Waals surface area (Å²) in [5, 5.41) is 0. The first-order valence-corrected chi connectivity index (χ1v) is 5.85. The van der Waals surface area contributed by atoms with Gasteiger partial charge in [0.25, 0.3) is 10.1 Å². The Hall–Kier alpha value is -0.130. The Bertz CT molecular complexity index is 214. The monoisotopic (exact) mass is 194 g/mol. The van der Waals surface area contributed by atoms with Crippen LogP contribution in [0.25, 0.3) is 0 Å². The van der Waals surface area contributed by atoms with E-state index in [2.05, 4.69) is 0 Å². The van der Waals surface area contributed by atoms with Gasteiger partial charge in [0.05, 0.1) is 12.4 Å². The van der Waals surface area contributed by atoms with Gasteiger partial charge in [0.15, 0.2) is 0 Å². The predicted molar refractivity (Wildman–Crippen MR) is 44.4 cm³/mol. The molecule has 0 radical (unpaired) electrons. The minimum Gasteiger partial charge on any atom is -0.381 e. The van der Waals surface area contributed by atoms with Gasteiger partial charge in [0.1, 0.15) is 0 Å². The average Bonchev–Trinajstić information content (AvgIpc) is 2.12. The van der Waals surface area contributed by atoms with Crippen LogP contribution in [-0.4, -0.2) is 34.0 Å². The molecule has 72 valence electrons. The summed E-state index contributed by atoms with van der Waals surface area (Å²) in [6.07, 6.45) is 3.22. The summed E-state index contributed by atoms with van der Waals surface area (Å²) in [6.45, 7) is 1.31. The molecule has 1 fully saturated rings. The standard InChI is InChI=1S/C7H14O4S/c1-12(8,9)11-7-3-2-5-10-6-4-7/h7H,2-6H2,1H3. The third-order valence-electron chi connectivity index (χ3n) is 1.71. The fourth-order valence-electron chi connectivity index (χ4n) is 1.22. The summed E-state index contributed by atoms with van der Waals surface area (Å²) in [7, 11) is -3.30. The number of hydrogen-bond acceptors (Lipinski definition) is 4. The van der Waals surface area contributed by atoms with E-state index in [-0.39, 0.29) is 6.10 Å². The molecule has 0 N–H and O–H groups in total. The van der Waals surface area contributed by atoms with Gasteiger partial charge >= 0.3 is 0 Å². The Morgan fingerprint density at radius 3 is 2.75 bits per heavy atom. The molecule has 1 heterocycles. The zero-order valence-corrected chi connectivity index (χ0v) is 7.97. The van der Waals surface area contributed by atoms with Crippen LogP contribution in [0.3, 0.4) is 0 Å². The molecule has 0 spiro atoms. The first-order chi connectivity index (χ1) is 5.58.